The Hall–Kier alpha value is -1.84. The van der Waals surface area contributed by atoms with E-state index >= 15 is 0 Å². The first kappa shape index (κ1) is 14.6. The van der Waals surface area contributed by atoms with Crippen molar-refractivity contribution in [2.75, 3.05) is 13.2 Å². The lowest BCUT2D eigenvalue weighted by atomic mass is 10.1. The predicted octanol–water partition coefficient (Wildman–Crippen LogP) is 2.49. The molecule has 0 aromatic heterocycles. The van der Waals surface area contributed by atoms with E-state index in [9.17, 15) is 9.59 Å². The zero-order chi connectivity index (χ0) is 14.5. The van der Waals surface area contributed by atoms with Crippen molar-refractivity contribution in [1.29, 1.82) is 0 Å². The minimum Gasteiger partial charge on any atom is -0.466 e. The number of carbonyl (C=O) groups excluding carboxylic acids is 2. The van der Waals surface area contributed by atoms with Gasteiger partial charge in [-0.25, -0.2) is 0 Å². The minimum atomic E-state index is -0.289. The van der Waals surface area contributed by atoms with Crippen molar-refractivity contribution in [2.45, 2.75) is 32.7 Å². The molecule has 0 spiro atoms. The maximum Gasteiger partial charge on any atom is 0.310 e. The zero-order valence-electron chi connectivity index (χ0n) is 12.0. The van der Waals surface area contributed by atoms with Crippen LogP contribution in [0.1, 0.15) is 37.0 Å². The highest BCUT2D eigenvalue weighted by Gasteiger charge is 2.35. The smallest absolute Gasteiger partial charge is 0.310 e. The van der Waals surface area contributed by atoms with Crippen LogP contribution in [0.3, 0.4) is 0 Å². The van der Waals surface area contributed by atoms with E-state index in [4.69, 9.17) is 4.74 Å². The van der Waals surface area contributed by atoms with Crippen LogP contribution in [0.4, 0.5) is 0 Å². The Morgan fingerprint density at radius 2 is 1.95 bits per heavy atom. The fourth-order valence-electron chi connectivity index (χ4n) is 2.18. The van der Waals surface area contributed by atoms with E-state index in [-0.39, 0.29) is 23.8 Å². The Labute approximate surface area is 119 Å². The van der Waals surface area contributed by atoms with Crippen molar-refractivity contribution in [2.24, 2.45) is 5.92 Å². The predicted molar refractivity (Wildman–Crippen MR) is 76.3 cm³/mol. The average Bonchev–Trinajstić information content (AvgIpc) is 3.29. The minimum absolute atomic E-state index is 0.00393. The van der Waals surface area contributed by atoms with Crippen LogP contribution in [0.5, 0.6) is 0 Å². The van der Waals surface area contributed by atoms with Crippen molar-refractivity contribution < 1.29 is 14.3 Å². The van der Waals surface area contributed by atoms with E-state index in [1.165, 1.54) is 0 Å². The molecule has 1 aliphatic carbocycles. The van der Waals surface area contributed by atoms with E-state index in [1.54, 1.807) is 6.92 Å². The quantitative estimate of drug-likeness (QED) is 0.749. The van der Waals surface area contributed by atoms with Gasteiger partial charge in [-0.05, 0) is 31.9 Å². The third kappa shape index (κ3) is 3.59. The Kier molecular flexibility index (Phi) is 4.77. The molecule has 1 amide bonds. The van der Waals surface area contributed by atoms with E-state index in [0.29, 0.717) is 18.7 Å². The highest BCUT2D eigenvalue weighted by atomic mass is 16.5. The lowest BCUT2D eigenvalue weighted by Crippen LogP contribution is -2.39. The summed E-state index contributed by atoms with van der Waals surface area (Å²) in [5, 5.41) is 0. The van der Waals surface area contributed by atoms with Crippen LogP contribution in [-0.2, 0) is 9.53 Å². The molecule has 108 valence electrons. The SMILES string of the molecule is CCOC(=O)C(C)CN(C(=O)c1ccccc1)C1CC1. The summed E-state index contributed by atoms with van der Waals surface area (Å²) in [4.78, 5) is 26.1. The van der Waals surface area contributed by atoms with Gasteiger partial charge in [-0.15, -0.1) is 0 Å². The molecular formula is C16H21NO3. The molecule has 4 nitrogen and oxygen atoms in total. The number of esters is 1. The van der Waals surface area contributed by atoms with Gasteiger partial charge in [-0.1, -0.05) is 25.1 Å². The molecule has 0 aliphatic heterocycles. The number of amides is 1. The molecular weight excluding hydrogens is 254 g/mol. The fourth-order valence-corrected chi connectivity index (χ4v) is 2.18. The molecule has 1 saturated carbocycles. The lowest BCUT2D eigenvalue weighted by molar-refractivity contribution is -0.147. The lowest BCUT2D eigenvalue weighted by Gasteiger charge is -2.25. The molecule has 0 N–H and O–H groups in total. The molecule has 4 heteroatoms. The number of rotatable bonds is 6. The number of nitrogens with zero attached hydrogens (tertiary/aromatic N) is 1. The number of hydrogen-bond acceptors (Lipinski definition) is 3. The molecule has 1 atom stereocenters. The van der Waals surface area contributed by atoms with Gasteiger partial charge in [0.1, 0.15) is 0 Å². The second-order valence-electron chi connectivity index (χ2n) is 5.21. The zero-order valence-corrected chi connectivity index (χ0v) is 12.0. The van der Waals surface area contributed by atoms with Crippen molar-refractivity contribution in [3.63, 3.8) is 0 Å². The largest absolute Gasteiger partial charge is 0.466 e. The van der Waals surface area contributed by atoms with Gasteiger partial charge in [0.15, 0.2) is 0 Å². The fraction of sp³-hybridized carbons (Fsp3) is 0.500. The molecule has 1 unspecified atom stereocenters. The van der Waals surface area contributed by atoms with Gasteiger partial charge in [0, 0.05) is 18.2 Å². The van der Waals surface area contributed by atoms with Crippen LogP contribution in [0.2, 0.25) is 0 Å². The van der Waals surface area contributed by atoms with Gasteiger partial charge in [0.2, 0.25) is 0 Å². The van der Waals surface area contributed by atoms with Gasteiger partial charge < -0.3 is 9.64 Å². The Morgan fingerprint density at radius 1 is 1.30 bits per heavy atom. The second-order valence-corrected chi connectivity index (χ2v) is 5.21. The summed E-state index contributed by atoms with van der Waals surface area (Å²) in [6, 6.07) is 9.50. The summed E-state index contributed by atoms with van der Waals surface area (Å²) in [7, 11) is 0. The Balaban J connectivity index is 2.04. The molecule has 1 aromatic rings. The molecule has 0 heterocycles. The van der Waals surface area contributed by atoms with Crippen molar-refractivity contribution in [1.82, 2.24) is 4.90 Å². The van der Waals surface area contributed by atoms with E-state index in [0.717, 1.165) is 12.8 Å². The van der Waals surface area contributed by atoms with Crippen LogP contribution in [0, 0.1) is 5.92 Å². The topological polar surface area (TPSA) is 46.6 Å². The van der Waals surface area contributed by atoms with Crippen LogP contribution in [0.25, 0.3) is 0 Å². The molecule has 1 aromatic carbocycles. The Morgan fingerprint density at radius 3 is 2.50 bits per heavy atom. The van der Waals surface area contributed by atoms with Crippen LogP contribution in [-0.4, -0.2) is 36.0 Å². The number of carbonyl (C=O) groups is 2. The van der Waals surface area contributed by atoms with Crippen molar-refractivity contribution in [3.8, 4) is 0 Å². The molecule has 20 heavy (non-hydrogen) atoms. The maximum atomic E-state index is 12.5. The summed E-state index contributed by atoms with van der Waals surface area (Å²) in [6.07, 6.45) is 2.04. The van der Waals surface area contributed by atoms with Gasteiger partial charge in [0.05, 0.1) is 12.5 Å². The monoisotopic (exact) mass is 275 g/mol. The van der Waals surface area contributed by atoms with E-state index in [2.05, 4.69) is 0 Å². The van der Waals surface area contributed by atoms with E-state index < -0.39 is 0 Å². The molecule has 2 rings (SSSR count). The number of hydrogen-bond donors (Lipinski definition) is 0. The second kappa shape index (κ2) is 6.55. The standard InChI is InChI=1S/C16H21NO3/c1-3-20-16(19)12(2)11-17(14-9-10-14)15(18)13-7-5-4-6-8-13/h4-8,12,14H,3,9-11H2,1-2H3. The van der Waals surface area contributed by atoms with Gasteiger partial charge in [0.25, 0.3) is 5.91 Å². The average molecular weight is 275 g/mol. The van der Waals surface area contributed by atoms with Crippen LogP contribution in [0.15, 0.2) is 30.3 Å². The first-order valence-electron chi connectivity index (χ1n) is 7.16. The normalized spacial score (nSPS) is 15.5. The van der Waals surface area contributed by atoms with Crippen molar-refractivity contribution >= 4 is 11.9 Å². The highest BCUT2D eigenvalue weighted by Crippen LogP contribution is 2.29. The molecule has 0 bridgehead atoms. The molecule has 0 radical (unpaired) electrons. The third-order valence-corrected chi connectivity index (χ3v) is 3.43. The maximum absolute atomic E-state index is 12.5. The third-order valence-electron chi connectivity index (χ3n) is 3.43. The summed E-state index contributed by atoms with van der Waals surface area (Å²) < 4.78 is 5.01. The van der Waals surface area contributed by atoms with E-state index in [1.807, 2.05) is 42.2 Å². The van der Waals surface area contributed by atoms with Gasteiger partial charge in [-0.2, -0.15) is 0 Å². The van der Waals surface area contributed by atoms with Crippen LogP contribution >= 0.6 is 0 Å². The first-order chi connectivity index (χ1) is 9.63. The number of ether oxygens (including phenoxy) is 1. The first-order valence-corrected chi connectivity index (χ1v) is 7.16. The molecule has 0 saturated heterocycles. The highest BCUT2D eigenvalue weighted by molar-refractivity contribution is 5.94. The summed E-state index contributed by atoms with van der Waals surface area (Å²) >= 11 is 0. The summed E-state index contributed by atoms with van der Waals surface area (Å²) in [5.41, 5.74) is 0.676. The Bertz CT molecular complexity index is 468. The van der Waals surface area contributed by atoms with Crippen molar-refractivity contribution in [3.05, 3.63) is 35.9 Å². The summed E-state index contributed by atoms with van der Waals surface area (Å²) in [5.74, 6) is -0.522. The molecule has 1 fully saturated rings. The number of benzene rings is 1. The van der Waals surface area contributed by atoms with Crippen LogP contribution < -0.4 is 0 Å². The summed E-state index contributed by atoms with van der Waals surface area (Å²) in [6.45, 7) is 4.40. The van der Waals surface area contributed by atoms with Gasteiger partial charge >= 0.3 is 5.97 Å². The molecule has 1 aliphatic rings. The van der Waals surface area contributed by atoms with Gasteiger partial charge in [-0.3, -0.25) is 9.59 Å².